The molecule has 0 saturated carbocycles. The third-order valence-electron chi connectivity index (χ3n) is 7.65. The maximum Gasteiger partial charge on any atom is 0.338 e. The van der Waals surface area contributed by atoms with Crippen molar-refractivity contribution >= 4 is 23.4 Å². The Hall–Kier alpha value is -2.18. The summed E-state index contributed by atoms with van der Waals surface area (Å²) >= 11 is 5.87. The van der Waals surface area contributed by atoms with E-state index in [-0.39, 0.29) is 5.97 Å². The number of fused-ring (bicyclic) bond motifs is 1. The molecule has 6 nitrogen and oxygen atoms in total. The number of aromatic nitrogens is 2. The minimum atomic E-state index is -0.180. The van der Waals surface area contributed by atoms with Crippen LogP contribution in [0.1, 0.15) is 52.7 Å². The Kier molecular flexibility index (Phi) is 5.61. The van der Waals surface area contributed by atoms with Crippen molar-refractivity contribution in [2.75, 3.05) is 37.6 Å². The second kappa shape index (κ2) is 8.40. The molecule has 3 aliphatic heterocycles. The van der Waals surface area contributed by atoms with Crippen LogP contribution >= 0.6 is 11.6 Å². The number of hydrogen-bond acceptors (Lipinski definition) is 6. The van der Waals surface area contributed by atoms with E-state index in [0.717, 1.165) is 43.0 Å². The van der Waals surface area contributed by atoms with Crippen LogP contribution in [0.3, 0.4) is 0 Å². The van der Waals surface area contributed by atoms with Crippen LogP contribution in [0, 0.1) is 12.3 Å². The Morgan fingerprint density at radius 1 is 1.06 bits per heavy atom. The van der Waals surface area contributed by atoms with Gasteiger partial charge in [-0.3, -0.25) is 0 Å². The van der Waals surface area contributed by atoms with Gasteiger partial charge in [-0.2, -0.15) is 0 Å². The monoisotopic (exact) mass is 440 g/mol. The van der Waals surface area contributed by atoms with Gasteiger partial charge in [0.05, 0.1) is 18.0 Å². The molecule has 2 saturated heterocycles. The fourth-order valence-electron chi connectivity index (χ4n) is 5.38. The molecule has 7 heteroatoms. The number of ether oxygens (including phenoxy) is 1. The molecule has 0 atom stereocenters. The fraction of sp³-hybridized carbons (Fsp3) is 0.542. The molecule has 164 valence electrons. The molecule has 2 aromatic rings. The molecule has 0 N–H and O–H groups in total. The van der Waals surface area contributed by atoms with Gasteiger partial charge in [-0.1, -0.05) is 17.7 Å². The Labute approximate surface area is 188 Å². The Morgan fingerprint density at radius 2 is 1.81 bits per heavy atom. The van der Waals surface area contributed by atoms with E-state index in [1.807, 2.05) is 6.07 Å². The number of halogens is 1. The van der Waals surface area contributed by atoms with Crippen LogP contribution in [-0.2, 0) is 17.8 Å². The lowest BCUT2D eigenvalue weighted by atomic mass is 9.71. The summed E-state index contributed by atoms with van der Waals surface area (Å²) in [7, 11) is 0. The summed E-state index contributed by atoms with van der Waals surface area (Å²) in [6.45, 7) is 8.07. The molecule has 4 heterocycles. The highest BCUT2D eigenvalue weighted by Crippen LogP contribution is 2.42. The molecule has 0 bridgehead atoms. The highest BCUT2D eigenvalue weighted by Gasteiger charge is 2.37. The maximum atomic E-state index is 11.8. The zero-order valence-electron chi connectivity index (χ0n) is 18.1. The number of nitrogens with zero attached hydrogens (tertiary/aromatic N) is 4. The predicted octanol–water partition coefficient (Wildman–Crippen LogP) is 4.03. The van der Waals surface area contributed by atoms with Crippen molar-refractivity contribution in [1.82, 2.24) is 14.9 Å². The number of likely N-dealkylation sites (tertiary alicyclic amines) is 1. The first kappa shape index (κ1) is 20.7. The van der Waals surface area contributed by atoms with Crippen molar-refractivity contribution in [3.8, 4) is 0 Å². The Morgan fingerprint density at radius 3 is 2.52 bits per heavy atom. The van der Waals surface area contributed by atoms with Gasteiger partial charge in [-0.05, 0) is 74.7 Å². The summed E-state index contributed by atoms with van der Waals surface area (Å²) in [5.41, 5.74) is 4.88. The molecule has 2 fully saturated rings. The third kappa shape index (κ3) is 4.15. The van der Waals surface area contributed by atoms with Gasteiger partial charge in [0, 0.05) is 25.2 Å². The van der Waals surface area contributed by atoms with E-state index in [4.69, 9.17) is 16.3 Å². The first-order valence-electron chi connectivity index (χ1n) is 11.3. The minimum absolute atomic E-state index is 0.180. The zero-order valence-corrected chi connectivity index (χ0v) is 18.8. The average Bonchev–Trinajstić information content (AvgIpc) is 3.17. The van der Waals surface area contributed by atoms with Gasteiger partial charge in [0.2, 0.25) is 0 Å². The van der Waals surface area contributed by atoms with Crippen LogP contribution in [0.15, 0.2) is 24.5 Å². The first-order valence-corrected chi connectivity index (χ1v) is 11.6. The van der Waals surface area contributed by atoms with Gasteiger partial charge in [-0.15, -0.1) is 0 Å². The van der Waals surface area contributed by atoms with Gasteiger partial charge in [0.25, 0.3) is 0 Å². The van der Waals surface area contributed by atoms with Crippen molar-refractivity contribution in [3.63, 3.8) is 0 Å². The molecule has 1 aromatic carbocycles. The van der Waals surface area contributed by atoms with Crippen LogP contribution in [0.5, 0.6) is 0 Å². The lowest BCUT2D eigenvalue weighted by Gasteiger charge is -2.47. The molecular weight excluding hydrogens is 412 g/mol. The number of carbonyl (C=O) groups excluding carboxylic acids is 1. The zero-order chi connectivity index (χ0) is 21.4. The van der Waals surface area contributed by atoms with Crippen LogP contribution in [0.4, 0.5) is 5.82 Å². The summed E-state index contributed by atoms with van der Waals surface area (Å²) in [6, 6.07) is 4.05. The van der Waals surface area contributed by atoms with Crippen molar-refractivity contribution in [3.05, 3.63) is 51.9 Å². The molecule has 0 radical (unpaired) electrons. The van der Waals surface area contributed by atoms with E-state index in [0.29, 0.717) is 17.2 Å². The van der Waals surface area contributed by atoms with Crippen molar-refractivity contribution in [2.24, 2.45) is 5.41 Å². The van der Waals surface area contributed by atoms with Gasteiger partial charge < -0.3 is 14.5 Å². The van der Waals surface area contributed by atoms with Gasteiger partial charge in [0.1, 0.15) is 17.6 Å². The summed E-state index contributed by atoms with van der Waals surface area (Å²) in [5.74, 6) is 0.758. The standard InChI is InChI=1S/C24H29ClN4O2/c1-17-18(2-3-19-20(17)16-31-23(19)30)4-9-28-10-5-24(6-11-28)7-12-29(13-8-24)22-15-26-21(25)14-27-22/h2-3,14-15H,4-13,16H2,1H3. The normalized spacial score (nSPS) is 20.7. The van der Waals surface area contributed by atoms with Crippen molar-refractivity contribution in [2.45, 2.75) is 45.6 Å². The van der Waals surface area contributed by atoms with E-state index >= 15 is 0 Å². The molecule has 3 aliphatic rings. The number of hydrogen-bond donors (Lipinski definition) is 0. The molecule has 1 aromatic heterocycles. The molecule has 31 heavy (non-hydrogen) atoms. The van der Waals surface area contributed by atoms with Crippen LogP contribution in [0.25, 0.3) is 0 Å². The number of esters is 1. The third-order valence-corrected chi connectivity index (χ3v) is 7.84. The summed E-state index contributed by atoms with van der Waals surface area (Å²) in [4.78, 5) is 25.3. The minimum Gasteiger partial charge on any atom is -0.457 e. The van der Waals surface area contributed by atoms with E-state index < -0.39 is 0 Å². The summed E-state index contributed by atoms with van der Waals surface area (Å²) in [5, 5.41) is 0.446. The SMILES string of the molecule is Cc1c(CCN2CCC3(CC2)CCN(c2cnc(Cl)cn2)CC3)ccc2c1COC2=O. The predicted molar refractivity (Wildman–Crippen MR) is 121 cm³/mol. The van der Waals surface area contributed by atoms with Crippen molar-refractivity contribution in [1.29, 1.82) is 0 Å². The second-order valence-corrected chi connectivity index (χ2v) is 9.62. The number of piperidine rings is 2. The van der Waals surface area contributed by atoms with Gasteiger partial charge >= 0.3 is 5.97 Å². The van der Waals surface area contributed by atoms with E-state index in [1.54, 1.807) is 12.4 Å². The lowest BCUT2D eigenvalue weighted by molar-refractivity contribution is 0.0535. The fourth-order valence-corrected chi connectivity index (χ4v) is 5.47. The first-order chi connectivity index (χ1) is 15.0. The Balaban J connectivity index is 1.12. The number of carbonyl (C=O) groups is 1. The van der Waals surface area contributed by atoms with Crippen molar-refractivity contribution < 1.29 is 9.53 Å². The molecular formula is C24H29ClN4O2. The molecule has 0 aliphatic carbocycles. The van der Waals surface area contributed by atoms with E-state index in [2.05, 4.69) is 32.8 Å². The lowest BCUT2D eigenvalue weighted by Crippen LogP contribution is -2.47. The smallest absolute Gasteiger partial charge is 0.338 e. The van der Waals surface area contributed by atoms with E-state index in [1.165, 1.54) is 49.9 Å². The summed E-state index contributed by atoms with van der Waals surface area (Å²) in [6.07, 6.45) is 9.45. The molecule has 0 amide bonds. The van der Waals surface area contributed by atoms with Gasteiger partial charge in [-0.25, -0.2) is 14.8 Å². The van der Waals surface area contributed by atoms with E-state index in [9.17, 15) is 4.79 Å². The van der Waals surface area contributed by atoms with Crippen LogP contribution < -0.4 is 4.90 Å². The maximum absolute atomic E-state index is 11.8. The highest BCUT2D eigenvalue weighted by atomic mass is 35.5. The Bertz CT molecular complexity index is 960. The quantitative estimate of drug-likeness (QED) is 0.669. The second-order valence-electron chi connectivity index (χ2n) is 9.23. The molecule has 5 rings (SSSR count). The van der Waals surface area contributed by atoms with Crippen LogP contribution in [-0.4, -0.2) is 53.6 Å². The molecule has 0 unspecified atom stereocenters. The largest absolute Gasteiger partial charge is 0.457 e. The summed E-state index contributed by atoms with van der Waals surface area (Å²) < 4.78 is 5.19. The highest BCUT2D eigenvalue weighted by molar-refractivity contribution is 6.29. The van der Waals surface area contributed by atoms with Gasteiger partial charge in [0.15, 0.2) is 0 Å². The number of benzene rings is 1. The topological polar surface area (TPSA) is 58.6 Å². The average molecular weight is 441 g/mol. The number of anilines is 1. The number of cyclic esters (lactones) is 1. The van der Waals surface area contributed by atoms with Crippen LogP contribution in [0.2, 0.25) is 5.15 Å². The number of rotatable bonds is 4. The molecule has 1 spiro atoms.